The predicted octanol–water partition coefficient (Wildman–Crippen LogP) is 3.47. The number of unbranched alkanes of at least 4 members (excludes halogenated alkanes) is 2. The number of rotatable bonds is 6. The van der Waals surface area contributed by atoms with Crippen LogP contribution in [0.25, 0.3) is 0 Å². The quantitative estimate of drug-likeness (QED) is 0.814. The average molecular weight is 292 g/mol. The molecule has 0 radical (unpaired) electrons. The van der Waals surface area contributed by atoms with E-state index in [-0.39, 0.29) is 29.8 Å². The molecule has 1 aromatic rings. The zero-order valence-electron chi connectivity index (χ0n) is 13.1. The van der Waals surface area contributed by atoms with Gasteiger partial charge in [0, 0.05) is 6.54 Å². The number of nitrogens with one attached hydrogen (secondary N) is 1. The smallest absolute Gasteiger partial charge is 0.241 e. The molecule has 1 aliphatic heterocycles. The molecule has 116 valence electrons. The molecule has 2 atom stereocenters. The lowest BCUT2D eigenvalue weighted by atomic mass is 10.0. The van der Waals surface area contributed by atoms with Crippen molar-refractivity contribution in [2.75, 3.05) is 6.54 Å². The van der Waals surface area contributed by atoms with E-state index in [9.17, 15) is 9.18 Å². The summed E-state index contributed by atoms with van der Waals surface area (Å²) < 4.78 is 13.1. The van der Waals surface area contributed by atoms with Gasteiger partial charge in [-0.2, -0.15) is 0 Å². The Kier molecular flexibility index (Phi) is 5.34. The minimum absolute atomic E-state index is 0.137. The molecule has 1 heterocycles. The number of carbonyl (C=O) groups excluding carboxylic acids is 1. The van der Waals surface area contributed by atoms with Crippen LogP contribution in [0.3, 0.4) is 0 Å². The van der Waals surface area contributed by atoms with E-state index in [0.29, 0.717) is 0 Å². The van der Waals surface area contributed by atoms with E-state index in [1.807, 2.05) is 18.7 Å². The van der Waals surface area contributed by atoms with E-state index < -0.39 is 0 Å². The summed E-state index contributed by atoms with van der Waals surface area (Å²) in [5, 5.41) is 3.41. The van der Waals surface area contributed by atoms with E-state index in [2.05, 4.69) is 12.2 Å². The van der Waals surface area contributed by atoms with E-state index in [0.717, 1.165) is 31.4 Å². The van der Waals surface area contributed by atoms with Crippen LogP contribution in [0.15, 0.2) is 24.3 Å². The monoisotopic (exact) mass is 292 g/mol. The Morgan fingerprint density at radius 3 is 2.48 bits per heavy atom. The molecule has 1 N–H and O–H groups in total. The number of halogens is 1. The van der Waals surface area contributed by atoms with Gasteiger partial charge in [0.15, 0.2) is 0 Å². The average Bonchev–Trinajstić information content (AvgIpc) is 2.78. The van der Waals surface area contributed by atoms with Crippen LogP contribution in [0.1, 0.15) is 51.8 Å². The van der Waals surface area contributed by atoms with Crippen LogP contribution in [0, 0.1) is 11.7 Å². The number of hydrogen-bond acceptors (Lipinski definition) is 2. The fourth-order valence-corrected chi connectivity index (χ4v) is 2.81. The maximum Gasteiger partial charge on any atom is 0.241 e. The maximum atomic E-state index is 13.1. The molecule has 4 heteroatoms. The van der Waals surface area contributed by atoms with Gasteiger partial charge in [0.2, 0.25) is 5.91 Å². The van der Waals surface area contributed by atoms with Gasteiger partial charge in [-0.05, 0) is 30.0 Å². The normalized spacial score (nSPS) is 22.3. The van der Waals surface area contributed by atoms with Crippen molar-refractivity contribution in [1.29, 1.82) is 0 Å². The molecular weight excluding hydrogens is 267 g/mol. The molecule has 2 rings (SSSR count). The van der Waals surface area contributed by atoms with Gasteiger partial charge in [0.25, 0.3) is 0 Å². The summed E-state index contributed by atoms with van der Waals surface area (Å²) in [6, 6.07) is 6.27. The molecule has 0 aromatic heterocycles. The highest BCUT2D eigenvalue weighted by Gasteiger charge is 2.40. The maximum absolute atomic E-state index is 13.1. The zero-order valence-corrected chi connectivity index (χ0v) is 13.1. The molecule has 0 bridgehead atoms. The molecule has 1 saturated heterocycles. The highest BCUT2D eigenvalue weighted by atomic mass is 19.1. The topological polar surface area (TPSA) is 32.3 Å². The van der Waals surface area contributed by atoms with Crippen molar-refractivity contribution in [2.24, 2.45) is 5.92 Å². The second-order valence-electron chi connectivity index (χ2n) is 6.08. The van der Waals surface area contributed by atoms with Gasteiger partial charge >= 0.3 is 0 Å². The second kappa shape index (κ2) is 7.03. The van der Waals surface area contributed by atoms with Crippen LogP contribution in [0.4, 0.5) is 4.39 Å². The van der Waals surface area contributed by atoms with E-state index in [1.54, 1.807) is 12.1 Å². The van der Waals surface area contributed by atoms with Crippen LogP contribution in [0.2, 0.25) is 0 Å². The van der Waals surface area contributed by atoms with Gasteiger partial charge in [0.05, 0.1) is 6.04 Å². The first-order valence-electron chi connectivity index (χ1n) is 7.86. The summed E-state index contributed by atoms with van der Waals surface area (Å²) >= 11 is 0. The number of benzene rings is 1. The molecule has 0 spiro atoms. The molecule has 1 aromatic carbocycles. The fraction of sp³-hybridized carbons (Fsp3) is 0.588. The fourth-order valence-electron chi connectivity index (χ4n) is 2.81. The SMILES string of the molecule is CCCCCN1C(=O)C(C(C)C)NC1c1ccc(F)cc1. The standard InChI is InChI=1S/C17H25FN2O/c1-4-5-6-11-20-16(13-7-9-14(18)10-8-13)19-15(12(2)3)17(20)21/h7-10,12,15-16,19H,4-6,11H2,1-3H3. The van der Waals surface area contributed by atoms with Crippen LogP contribution in [-0.2, 0) is 4.79 Å². The molecule has 1 amide bonds. The number of nitrogens with zero attached hydrogens (tertiary/aromatic N) is 1. The molecule has 0 saturated carbocycles. The summed E-state index contributed by atoms with van der Waals surface area (Å²) in [7, 11) is 0. The van der Waals surface area contributed by atoms with Gasteiger partial charge < -0.3 is 4.90 Å². The number of hydrogen-bond donors (Lipinski definition) is 1. The van der Waals surface area contributed by atoms with E-state index >= 15 is 0 Å². The van der Waals surface area contributed by atoms with Gasteiger partial charge in [-0.15, -0.1) is 0 Å². The Balaban J connectivity index is 2.18. The van der Waals surface area contributed by atoms with Gasteiger partial charge in [-0.1, -0.05) is 45.7 Å². The van der Waals surface area contributed by atoms with Crippen molar-refractivity contribution < 1.29 is 9.18 Å². The molecule has 0 aliphatic carbocycles. The Morgan fingerprint density at radius 2 is 1.90 bits per heavy atom. The van der Waals surface area contributed by atoms with Gasteiger partial charge in [-0.3, -0.25) is 10.1 Å². The predicted molar refractivity (Wildman–Crippen MR) is 82.1 cm³/mol. The third-order valence-corrected chi connectivity index (χ3v) is 4.05. The Bertz CT molecular complexity index is 472. The molecule has 3 nitrogen and oxygen atoms in total. The van der Waals surface area contributed by atoms with Gasteiger partial charge in [0.1, 0.15) is 12.0 Å². The highest BCUT2D eigenvalue weighted by Crippen LogP contribution is 2.28. The largest absolute Gasteiger partial charge is 0.322 e. The number of amides is 1. The summed E-state index contributed by atoms with van der Waals surface area (Å²) in [5.74, 6) is 0.160. The first-order valence-corrected chi connectivity index (χ1v) is 7.86. The van der Waals surface area contributed by atoms with Crippen LogP contribution in [0.5, 0.6) is 0 Å². The van der Waals surface area contributed by atoms with Gasteiger partial charge in [-0.25, -0.2) is 4.39 Å². The van der Waals surface area contributed by atoms with Crippen molar-refractivity contribution in [1.82, 2.24) is 10.2 Å². The highest BCUT2D eigenvalue weighted by molar-refractivity contribution is 5.84. The minimum atomic E-state index is -0.249. The molecule has 2 unspecified atom stereocenters. The Labute approximate surface area is 126 Å². The van der Waals surface area contributed by atoms with Crippen LogP contribution < -0.4 is 5.32 Å². The van der Waals surface area contributed by atoms with Crippen molar-refractivity contribution in [3.63, 3.8) is 0 Å². The van der Waals surface area contributed by atoms with Crippen LogP contribution >= 0.6 is 0 Å². The van der Waals surface area contributed by atoms with Crippen molar-refractivity contribution >= 4 is 5.91 Å². The lowest BCUT2D eigenvalue weighted by Gasteiger charge is -2.24. The van der Waals surface area contributed by atoms with Crippen LogP contribution in [-0.4, -0.2) is 23.4 Å². The Morgan fingerprint density at radius 1 is 1.24 bits per heavy atom. The number of carbonyl (C=O) groups is 1. The summed E-state index contributed by atoms with van der Waals surface area (Å²) in [6.07, 6.45) is 3.12. The van der Waals surface area contributed by atoms with Crippen molar-refractivity contribution in [3.05, 3.63) is 35.6 Å². The summed E-state index contributed by atoms with van der Waals surface area (Å²) in [6.45, 7) is 7.00. The van der Waals surface area contributed by atoms with Crippen molar-refractivity contribution in [2.45, 2.75) is 52.2 Å². The molecule has 21 heavy (non-hydrogen) atoms. The lowest BCUT2D eigenvalue weighted by molar-refractivity contribution is -0.130. The van der Waals surface area contributed by atoms with E-state index in [4.69, 9.17) is 0 Å². The Hall–Kier alpha value is -1.42. The molecule has 1 fully saturated rings. The molecular formula is C17H25FN2O. The van der Waals surface area contributed by atoms with E-state index in [1.165, 1.54) is 12.1 Å². The summed E-state index contributed by atoms with van der Waals surface area (Å²) in [5.41, 5.74) is 0.949. The lowest BCUT2D eigenvalue weighted by Crippen LogP contribution is -2.34. The molecule has 1 aliphatic rings. The van der Waals surface area contributed by atoms with Crippen molar-refractivity contribution in [3.8, 4) is 0 Å². The second-order valence-corrected chi connectivity index (χ2v) is 6.08. The minimum Gasteiger partial charge on any atom is -0.322 e. The summed E-state index contributed by atoms with van der Waals surface area (Å²) in [4.78, 5) is 14.5. The third kappa shape index (κ3) is 3.62. The first-order chi connectivity index (χ1) is 10.0. The zero-order chi connectivity index (χ0) is 15.4. The first kappa shape index (κ1) is 16.0. The third-order valence-electron chi connectivity index (χ3n) is 4.05.